The van der Waals surface area contributed by atoms with Crippen molar-refractivity contribution in [1.82, 2.24) is 0 Å². The third kappa shape index (κ3) is 8.69. The first kappa shape index (κ1) is 22.4. The molecule has 0 saturated heterocycles. The van der Waals surface area contributed by atoms with E-state index in [9.17, 15) is 4.57 Å². The molecule has 0 aliphatic rings. The lowest BCUT2D eigenvalue weighted by molar-refractivity contribution is 0.0597. The number of phosphoric ester groups is 1. The Hall–Kier alpha value is 1.36. The van der Waals surface area contributed by atoms with Crippen molar-refractivity contribution >= 4 is 51.3 Å². The summed E-state index contributed by atoms with van der Waals surface area (Å²) in [6, 6.07) is 0. The average molecular weight is 473 g/mol. The normalized spacial score (nSPS) is 15.0. The fourth-order valence-corrected chi connectivity index (χ4v) is 4.95. The standard InChI is InChI=1S/C13H26Br2ClO4P/c1-10(2)6-18-21(17,19-7-11(3)4)20-12(16)13(5,8-14)9-15/h10-12H,6-9H2,1-5H3. The summed E-state index contributed by atoms with van der Waals surface area (Å²) >= 11 is 13.1. The topological polar surface area (TPSA) is 44.8 Å². The first-order valence-electron chi connectivity index (χ1n) is 6.92. The zero-order valence-corrected chi connectivity index (χ0v) is 18.1. The van der Waals surface area contributed by atoms with E-state index in [4.69, 9.17) is 25.2 Å². The summed E-state index contributed by atoms with van der Waals surface area (Å²) in [5.74, 6) is 0.439. The molecule has 128 valence electrons. The number of alkyl halides is 3. The molecule has 0 bridgehead atoms. The summed E-state index contributed by atoms with van der Waals surface area (Å²) in [6.45, 7) is 10.4. The van der Waals surface area contributed by atoms with Crippen LogP contribution < -0.4 is 0 Å². The molecule has 8 heteroatoms. The van der Waals surface area contributed by atoms with Gasteiger partial charge in [0.05, 0.1) is 13.2 Å². The van der Waals surface area contributed by atoms with Crippen molar-refractivity contribution in [1.29, 1.82) is 0 Å². The van der Waals surface area contributed by atoms with Gasteiger partial charge in [-0.1, -0.05) is 78.1 Å². The molecule has 0 rings (SSSR count). The third-order valence-corrected chi connectivity index (χ3v) is 7.21. The van der Waals surface area contributed by atoms with E-state index in [-0.39, 0.29) is 11.8 Å². The van der Waals surface area contributed by atoms with Crippen LogP contribution in [0.5, 0.6) is 0 Å². The second-order valence-electron chi connectivity index (χ2n) is 6.17. The van der Waals surface area contributed by atoms with Crippen molar-refractivity contribution in [2.75, 3.05) is 23.9 Å². The smallest absolute Gasteiger partial charge is 0.287 e. The molecule has 0 saturated carbocycles. The fraction of sp³-hybridized carbons (Fsp3) is 1.00. The third-order valence-electron chi connectivity index (χ3n) is 2.51. The molecule has 0 aromatic carbocycles. The summed E-state index contributed by atoms with van der Waals surface area (Å²) in [5, 5.41) is 1.18. The molecular formula is C13H26Br2ClO4P. The van der Waals surface area contributed by atoms with E-state index in [1.807, 2.05) is 34.6 Å². The quantitative estimate of drug-likeness (QED) is 0.281. The van der Waals surface area contributed by atoms with Crippen LogP contribution in [0.4, 0.5) is 0 Å². The Kier molecular flexibility index (Phi) is 10.9. The number of hydrogen-bond acceptors (Lipinski definition) is 4. The average Bonchev–Trinajstić information content (AvgIpc) is 2.42. The molecule has 0 radical (unpaired) electrons. The van der Waals surface area contributed by atoms with Crippen LogP contribution in [-0.2, 0) is 18.1 Å². The molecule has 0 amide bonds. The van der Waals surface area contributed by atoms with Crippen LogP contribution in [0, 0.1) is 17.3 Å². The van der Waals surface area contributed by atoms with Gasteiger partial charge in [0, 0.05) is 16.1 Å². The number of rotatable bonds is 11. The predicted molar refractivity (Wildman–Crippen MR) is 95.6 cm³/mol. The lowest BCUT2D eigenvalue weighted by Gasteiger charge is -2.32. The molecule has 0 N–H and O–H groups in total. The van der Waals surface area contributed by atoms with Crippen LogP contribution in [0.15, 0.2) is 0 Å². The summed E-state index contributed by atoms with van der Waals surface area (Å²) in [5.41, 5.74) is -1.24. The Morgan fingerprint density at radius 2 is 1.43 bits per heavy atom. The van der Waals surface area contributed by atoms with E-state index in [1.165, 1.54) is 0 Å². The number of halogens is 3. The molecule has 0 aliphatic carbocycles. The molecule has 0 heterocycles. The Morgan fingerprint density at radius 1 is 1.05 bits per heavy atom. The van der Waals surface area contributed by atoms with Gasteiger partial charge in [-0.25, -0.2) is 4.57 Å². The van der Waals surface area contributed by atoms with E-state index < -0.39 is 18.8 Å². The predicted octanol–water partition coefficient (Wildman–Crippen LogP) is 5.82. The van der Waals surface area contributed by atoms with Gasteiger partial charge in [0.1, 0.15) is 5.56 Å². The van der Waals surface area contributed by atoms with Gasteiger partial charge in [-0.05, 0) is 11.8 Å². The minimum atomic E-state index is -3.68. The zero-order chi connectivity index (χ0) is 16.7. The Bertz CT molecular complexity index is 322. The highest BCUT2D eigenvalue weighted by atomic mass is 79.9. The minimum Gasteiger partial charge on any atom is -0.287 e. The van der Waals surface area contributed by atoms with Gasteiger partial charge < -0.3 is 0 Å². The monoisotopic (exact) mass is 470 g/mol. The summed E-state index contributed by atoms with van der Waals surface area (Å²) < 4.78 is 29.0. The van der Waals surface area contributed by atoms with Gasteiger partial charge in [-0.15, -0.1) is 0 Å². The van der Waals surface area contributed by atoms with Crippen molar-refractivity contribution in [3.8, 4) is 0 Å². The maximum atomic E-state index is 12.7. The largest absolute Gasteiger partial charge is 0.476 e. The lowest BCUT2D eigenvalue weighted by Crippen LogP contribution is -2.33. The summed E-state index contributed by atoms with van der Waals surface area (Å²) in [6.07, 6.45) is 0. The highest BCUT2D eigenvalue weighted by Gasteiger charge is 2.39. The first-order chi connectivity index (χ1) is 9.58. The zero-order valence-electron chi connectivity index (χ0n) is 13.3. The molecule has 1 atom stereocenters. The number of hydrogen-bond donors (Lipinski definition) is 0. The molecule has 0 spiro atoms. The second kappa shape index (κ2) is 10.3. The number of phosphoric acid groups is 1. The highest BCUT2D eigenvalue weighted by Crippen LogP contribution is 2.54. The van der Waals surface area contributed by atoms with E-state index in [2.05, 4.69) is 31.9 Å². The Labute approximate surface area is 150 Å². The van der Waals surface area contributed by atoms with E-state index in [1.54, 1.807) is 0 Å². The molecule has 0 aliphatic heterocycles. The van der Waals surface area contributed by atoms with Crippen LogP contribution in [0.1, 0.15) is 34.6 Å². The van der Waals surface area contributed by atoms with Crippen molar-refractivity contribution in [3.63, 3.8) is 0 Å². The van der Waals surface area contributed by atoms with Crippen molar-refractivity contribution in [3.05, 3.63) is 0 Å². The van der Waals surface area contributed by atoms with Gasteiger partial charge in [0.15, 0.2) is 0 Å². The lowest BCUT2D eigenvalue weighted by atomic mass is 9.98. The molecule has 1 unspecified atom stereocenters. The van der Waals surface area contributed by atoms with Gasteiger partial charge in [-0.2, -0.15) is 0 Å². The Morgan fingerprint density at radius 3 is 1.71 bits per heavy atom. The van der Waals surface area contributed by atoms with Crippen molar-refractivity contribution in [2.45, 2.75) is 40.2 Å². The maximum Gasteiger partial charge on any atom is 0.476 e. The molecule has 0 aromatic rings. The molecule has 21 heavy (non-hydrogen) atoms. The summed E-state index contributed by atoms with van der Waals surface area (Å²) in [4.78, 5) is 0. The van der Waals surface area contributed by atoms with Gasteiger partial charge in [0.25, 0.3) is 0 Å². The van der Waals surface area contributed by atoms with Crippen LogP contribution in [0.3, 0.4) is 0 Å². The van der Waals surface area contributed by atoms with Crippen LogP contribution in [0.25, 0.3) is 0 Å². The molecule has 0 fully saturated rings. The van der Waals surface area contributed by atoms with E-state index >= 15 is 0 Å². The van der Waals surface area contributed by atoms with E-state index in [0.717, 1.165) is 0 Å². The molecular weight excluding hydrogens is 446 g/mol. The van der Waals surface area contributed by atoms with Gasteiger partial charge in [0.2, 0.25) is 0 Å². The van der Waals surface area contributed by atoms with Crippen LogP contribution in [-0.4, -0.2) is 29.4 Å². The maximum absolute atomic E-state index is 12.7. The Balaban J connectivity index is 4.91. The van der Waals surface area contributed by atoms with Crippen LogP contribution >= 0.6 is 51.3 Å². The van der Waals surface area contributed by atoms with Crippen molar-refractivity contribution < 1.29 is 18.1 Å². The van der Waals surface area contributed by atoms with Gasteiger partial charge in [-0.3, -0.25) is 13.6 Å². The highest BCUT2D eigenvalue weighted by molar-refractivity contribution is 9.09. The van der Waals surface area contributed by atoms with Crippen LogP contribution in [0.2, 0.25) is 0 Å². The first-order valence-corrected chi connectivity index (χ1v) is 11.1. The van der Waals surface area contributed by atoms with E-state index in [0.29, 0.717) is 23.9 Å². The molecule has 4 nitrogen and oxygen atoms in total. The van der Waals surface area contributed by atoms with Gasteiger partial charge >= 0.3 is 7.82 Å². The summed E-state index contributed by atoms with van der Waals surface area (Å²) in [7, 11) is -3.68. The fourth-order valence-electron chi connectivity index (χ4n) is 0.976. The molecule has 0 aromatic heterocycles. The SMILES string of the molecule is CC(C)COP(=O)(OCC(C)C)OC(Cl)C(C)(CBr)CBr. The van der Waals surface area contributed by atoms with Crippen molar-refractivity contribution in [2.24, 2.45) is 17.3 Å². The minimum absolute atomic E-state index is 0.220. The second-order valence-corrected chi connectivity index (χ2v) is 9.31.